The minimum atomic E-state index is -0.591. The SMILES string of the molecule is CCc1cc2c(cc1C1(O)CC1)OCO2. The fourth-order valence-corrected chi connectivity index (χ4v) is 2.10. The molecule has 1 saturated carbocycles. The molecule has 3 nitrogen and oxygen atoms in total. The van der Waals surface area contributed by atoms with Crippen molar-refractivity contribution in [1.29, 1.82) is 0 Å². The Kier molecular flexibility index (Phi) is 1.74. The molecule has 1 heterocycles. The molecule has 2 aliphatic rings. The highest BCUT2D eigenvalue weighted by Gasteiger charge is 2.44. The van der Waals surface area contributed by atoms with Crippen LogP contribution in [0.2, 0.25) is 0 Å². The van der Waals surface area contributed by atoms with Gasteiger partial charge in [0.1, 0.15) is 0 Å². The molecule has 1 aromatic rings. The largest absolute Gasteiger partial charge is 0.454 e. The van der Waals surface area contributed by atoms with E-state index in [9.17, 15) is 5.11 Å². The summed E-state index contributed by atoms with van der Waals surface area (Å²) in [5, 5.41) is 10.1. The van der Waals surface area contributed by atoms with E-state index in [0.29, 0.717) is 6.79 Å². The maximum Gasteiger partial charge on any atom is 0.231 e. The van der Waals surface area contributed by atoms with Crippen LogP contribution in [0.5, 0.6) is 11.5 Å². The highest BCUT2D eigenvalue weighted by molar-refractivity contribution is 5.51. The first-order valence-corrected chi connectivity index (χ1v) is 5.38. The lowest BCUT2D eigenvalue weighted by atomic mass is 9.98. The van der Waals surface area contributed by atoms with Crippen LogP contribution in [0, 0.1) is 0 Å². The standard InChI is InChI=1S/C12H14O3/c1-2-8-5-10-11(15-7-14-10)6-9(8)12(13)3-4-12/h5-6,13H,2-4,7H2,1H3. The summed E-state index contributed by atoms with van der Waals surface area (Å²) in [5.74, 6) is 1.57. The molecule has 0 amide bonds. The van der Waals surface area contributed by atoms with Gasteiger partial charge in [-0.25, -0.2) is 0 Å². The van der Waals surface area contributed by atoms with Crippen molar-refractivity contribution in [2.24, 2.45) is 0 Å². The molecular weight excluding hydrogens is 192 g/mol. The van der Waals surface area contributed by atoms with Gasteiger partial charge in [0.2, 0.25) is 6.79 Å². The van der Waals surface area contributed by atoms with Gasteiger partial charge < -0.3 is 14.6 Å². The van der Waals surface area contributed by atoms with Gasteiger partial charge in [-0.05, 0) is 42.5 Å². The molecule has 15 heavy (non-hydrogen) atoms. The molecule has 3 rings (SSSR count). The van der Waals surface area contributed by atoms with E-state index in [1.165, 1.54) is 5.56 Å². The number of aryl methyl sites for hydroxylation is 1. The third-order valence-corrected chi connectivity index (χ3v) is 3.20. The van der Waals surface area contributed by atoms with E-state index in [1.807, 2.05) is 12.1 Å². The van der Waals surface area contributed by atoms with Crippen molar-refractivity contribution in [3.05, 3.63) is 23.3 Å². The molecule has 0 unspecified atom stereocenters. The van der Waals surface area contributed by atoms with Crippen molar-refractivity contribution >= 4 is 0 Å². The Morgan fingerprint density at radius 2 is 1.93 bits per heavy atom. The fourth-order valence-electron chi connectivity index (χ4n) is 2.10. The summed E-state index contributed by atoms with van der Waals surface area (Å²) in [6.07, 6.45) is 2.63. The molecule has 1 fully saturated rings. The van der Waals surface area contributed by atoms with E-state index in [-0.39, 0.29) is 0 Å². The van der Waals surface area contributed by atoms with Gasteiger partial charge in [0.05, 0.1) is 5.60 Å². The Hall–Kier alpha value is -1.22. The van der Waals surface area contributed by atoms with E-state index in [2.05, 4.69) is 6.92 Å². The predicted octanol–water partition coefficient (Wildman–Crippen LogP) is 1.96. The Bertz CT molecular complexity index is 408. The summed E-state index contributed by atoms with van der Waals surface area (Å²) in [6, 6.07) is 3.93. The first kappa shape index (κ1) is 9.04. The molecule has 0 saturated heterocycles. The van der Waals surface area contributed by atoms with E-state index in [4.69, 9.17) is 9.47 Å². The first-order chi connectivity index (χ1) is 7.23. The van der Waals surface area contributed by atoms with Crippen molar-refractivity contribution in [1.82, 2.24) is 0 Å². The van der Waals surface area contributed by atoms with Crippen molar-refractivity contribution < 1.29 is 14.6 Å². The summed E-state index contributed by atoms with van der Waals surface area (Å²) in [7, 11) is 0. The van der Waals surface area contributed by atoms with Crippen molar-refractivity contribution in [2.75, 3.05) is 6.79 Å². The molecule has 80 valence electrons. The molecule has 0 radical (unpaired) electrons. The second-order valence-electron chi connectivity index (χ2n) is 4.25. The number of aliphatic hydroxyl groups is 1. The molecule has 1 aliphatic heterocycles. The number of fused-ring (bicyclic) bond motifs is 1. The molecule has 3 heteroatoms. The number of ether oxygens (including phenoxy) is 2. The maximum absolute atomic E-state index is 10.1. The van der Waals surface area contributed by atoms with Gasteiger partial charge in [-0.2, -0.15) is 0 Å². The average molecular weight is 206 g/mol. The Labute approximate surface area is 88.6 Å². The van der Waals surface area contributed by atoms with Crippen LogP contribution in [0.3, 0.4) is 0 Å². The van der Waals surface area contributed by atoms with Crippen LogP contribution >= 0.6 is 0 Å². The fraction of sp³-hybridized carbons (Fsp3) is 0.500. The smallest absolute Gasteiger partial charge is 0.231 e. The molecule has 0 aromatic heterocycles. The second-order valence-corrected chi connectivity index (χ2v) is 4.25. The Balaban J connectivity index is 2.12. The molecule has 1 aromatic carbocycles. The van der Waals surface area contributed by atoms with Crippen molar-refractivity contribution in [3.8, 4) is 11.5 Å². The normalized spacial score (nSPS) is 20.4. The highest BCUT2D eigenvalue weighted by atomic mass is 16.7. The molecule has 0 atom stereocenters. The molecule has 0 spiro atoms. The van der Waals surface area contributed by atoms with Crippen LogP contribution in [0.1, 0.15) is 30.9 Å². The van der Waals surface area contributed by atoms with Gasteiger partial charge in [0.15, 0.2) is 11.5 Å². The van der Waals surface area contributed by atoms with Gasteiger partial charge in [-0.3, -0.25) is 0 Å². The summed E-state index contributed by atoms with van der Waals surface area (Å²) in [4.78, 5) is 0. The topological polar surface area (TPSA) is 38.7 Å². The van der Waals surface area contributed by atoms with Crippen LogP contribution < -0.4 is 9.47 Å². The zero-order chi connectivity index (χ0) is 10.5. The lowest BCUT2D eigenvalue weighted by molar-refractivity contribution is 0.149. The van der Waals surface area contributed by atoms with Crippen molar-refractivity contribution in [3.63, 3.8) is 0 Å². The van der Waals surface area contributed by atoms with Gasteiger partial charge in [0, 0.05) is 0 Å². The monoisotopic (exact) mass is 206 g/mol. The summed E-state index contributed by atoms with van der Waals surface area (Å²) in [6.45, 7) is 2.38. The van der Waals surface area contributed by atoms with E-state index < -0.39 is 5.60 Å². The quantitative estimate of drug-likeness (QED) is 0.803. The predicted molar refractivity (Wildman–Crippen MR) is 55.1 cm³/mol. The van der Waals surface area contributed by atoms with Gasteiger partial charge in [-0.15, -0.1) is 0 Å². The number of benzene rings is 1. The third kappa shape index (κ3) is 1.30. The Morgan fingerprint density at radius 3 is 2.53 bits per heavy atom. The van der Waals surface area contributed by atoms with Crippen LogP contribution in [-0.2, 0) is 12.0 Å². The zero-order valence-electron chi connectivity index (χ0n) is 8.75. The highest BCUT2D eigenvalue weighted by Crippen LogP contribution is 2.49. The van der Waals surface area contributed by atoms with Crippen LogP contribution in [0.25, 0.3) is 0 Å². The number of rotatable bonds is 2. The molecule has 1 N–H and O–H groups in total. The van der Waals surface area contributed by atoms with E-state index in [1.54, 1.807) is 0 Å². The van der Waals surface area contributed by atoms with Crippen LogP contribution in [0.15, 0.2) is 12.1 Å². The summed E-state index contributed by atoms with van der Waals surface area (Å²) in [5.41, 5.74) is 1.60. The van der Waals surface area contributed by atoms with Crippen LogP contribution in [0.4, 0.5) is 0 Å². The van der Waals surface area contributed by atoms with E-state index in [0.717, 1.165) is 36.3 Å². The number of hydrogen-bond donors (Lipinski definition) is 1. The van der Waals surface area contributed by atoms with Crippen LogP contribution in [-0.4, -0.2) is 11.9 Å². The lowest BCUT2D eigenvalue weighted by Gasteiger charge is -2.14. The van der Waals surface area contributed by atoms with Gasteiger partial charge >= 0.3 is 0 Å². The zero-order valence-corrected chi connectivity index (χ0v) is 8.75. The van der Waals surface area contributed by atoms with Crippen molar-refractivity contribution in [2.45, 2.75) is 31.8 Å². The second kappa shape index (κ2) is 2.89. The summed E-state index contributed by atoms with van der Waals surface area (Å²) >= 11 is 0. The third-order valence-electron chi connectivity index (χ3n) is 3.20. The molecule has 1 aliphatic carbocycles. The van der Waals surface area contributed by atoms with Gasteiger partial charge in [-0.1, -0.05) is 6.92 Å². The average Bonchev–Trinajstić information content (AvgIpc) is 2.83. The van der Waals surface area contributed by atoms with Gasteiger partial charge in [0.25, 0.3) is 0 Å². The maximum atomic E-state index is 10.1. The molecule has 0 bridgehead atoms. The minimum absolute atomic E-state index is 0.292. The number of hydrogen-bond acceptors (Lipinski definition) is 3. The lowest BCUT2D eigenvalue weighted by Crippen LogP contribution is -2.07. The molecular formula is C12H14O3. The minimum Gasteiger partial charge on any atom is -0.454 e. The first-order valence-electron chi connectivity index (χ1n) is 5.38. The Morgan fingerprint density at radius 1 is 1.27 bits per heavy atom. The summed E-state index contributed by atoms with van der Waals surface area (Å²) < 4.78 is 10.7. The van der Waals surface area contributed by atoms with E-state index >= 15 is 0 Å².